The van der Waals surface area contributed by atoms with E-state index in [1.807, 2.05) is 53.9 Å². The minimum Gasteiger partial charge on any atom is -0.481 e. The molecule has 2 aromatic carbocycles. The molecule has 5 nitrogen and oxygen atoms in total. The van der Waals surface area contributed by atoms with Gasteiger partial charge >= 0.3 is 5.97 Å². The Morgan fingerprint density at radius 3 is 2.65 bits per heavy atom. The van der Waals surface area contributed by atoms with E-state index in [1.54, 1.807) is 6.07 Å². The van der Waals surface area contributed by atoms with Gasteiger partial charge in [0.25, 0.3) is 0 Å². The third-order valence-electron chi connectivity index (χ3n) is 5.87. The van der Waals surface area contributed by atoms with E-state index < -0.39 is 11.4 Å². The molecule has 0 radical (unpaired) electrons. The Hall–Kier alpha value is -2.70. The van der Waals surface area contributed by atoms with Crippen LogP contribution in [0, 0.1) is 0 Å². The summed E-state index contributed by atoms with van der Waals surface area (Å²) < 4.78 is 0. The average molecular weight is 455 g/mol. The predicted molar refractivity (Wildman–Crippen MR) is 123 cm³/mol. The number of nitrogens with one attached hydrogen (secondary N) is 1. The summed E-state index contributed by atoms with van der Waals surface area (Å²) in [4.78, 5) is 30.5. The zero-order valence-electron chi connectivity index (χ0n) is 16.9. The number of hydrogen-bond donors (Lipinski definition) is 2. The summed E-state index contributed by atoms with van der Waals surface area (Å²) in [6, 6.07) is 17.1. The molecule has 0 unspecified atom stereocenters. The van der Waals surface area contributed by atoms with E-state index in [0.29, 0.717) is 28.7 Å². The Morgan fingerprint density at radius 1 is 1.16 bits per heavy atom. The van der Waals surface area contributed by atoms with Gasteiger partial charge in [-0.3, -0.25) is 9.59 Å². The normalized spacial score (nSPS) is 21.7. The summed E-state index contributed by atoms with van der Waals surface area (Å²) in [6.07, 6.45) is 2.14. The fourth-order valence-electron chi connectivity index (χ4n) is 4.41. The van der Waals surface area contributed by atoms with Gasteiger partial charge in [0.05, 0.1) is 12.1 Å². The van der Waals surface area contributed by atoms with Crippen molar-refractivity contribution in [1.82, 2.24) is 10.3 Å². The topological polar surface area (TPSA) is 79.3 Å². The van der Waals surface area contributed by atoms with Gasteiger partial charge in [0.15, 0.2) is 0 Å². The van der Waals surface area contributed by atoms with Crippen LogP contribution in [0.5, 0.6) is 0 Å². The molecule has 1 aromatic heterocycles. The molecule has 1 saturated heterocycles. The van der Waals surface area contributed by atoms with E-state index in [1.165, 1.54) is 11.3 Å². The van der Waals surface area contributed by atoms with E-state index in [-0.39, 0.29) is 18.2 Å². The first kappa shape index (κ1) is 21.5. The molecule has 1 aliphatic rings. The van der Waals surface area contributed by atoms with Crippen molar-refractivity contribution in [2.24, 2.45) is 0 Å². The molecule has 0 saturated carbocycles. The maximum Gasteiger partial charge on any atom is 0.304 e. The Labute approximate surface area is 190 Å². The van der Waals surface area contributed by atoms with Gasteiger partial charge in [-0.2, -0.15) is 0 Å². The Kier molecular flexibility index (Phi) is 6.39. The monoisotopic (exact) mass is 454 g/mol. The van der Waals surface area contributed by atoms with E-state index in [2.05, 4.69) is 5.32 Å². The molecule has 1 amide bonds. The van der Waals surface area contributed by atoms with E-state index in [9.17, 15) is 14.7 Å². The Balaban J connectivity index is 1.90. The molecule has 4 rings (SSSR count). The van der Waals surface area contributed by atoms with Crippen molar-refractivity contribution in [1.29, 1.82) is 0 Å². The summed E-state index contributed by atoms with van der Waals surface area (Å²) >= 11 is 7.69. The Bertz CT molecular complexity index is 1090. The highest BCUT2D eigenvalue weighted by Gasteiger charge is 2.51. The molecule has 2 N–H and O–H groups in total. The molecular formula is C24H23ClN2O3S. The summed E-state index contributed by atoms with van der Waals surface area (Å²) in [5, 5.41) is 15.8. The Morgan fingerprint density at radius 2 is 1.90 bits per heavy atom. The van der Waals surface area contributed by atoms with Crippen molar-refractivity contribution >= 4 is 34.8 Å². The molecule has 0 spiro atoms. The van der Waals surface area contributed by atoms with Gasteiger partial charge in [-0.25, -0.2) is 4.98 Å². The quantitative estimate of drug-likeness (QED) is 0.551. The van der Waals surface area contributed by atoms with Gasteiger partial charge in [-0.05, 0) is 24.5 Å². The van der Waals surface area contributed by atoms with Crippen molar-refractivity contribution in [3.8, 4) is 11.3 Å². The lowest BCUT2D eigenvalue weighted by Gasteiger charge is -2.39. The first-order valence-corrected chi connectivity index (χ1v) is 11.5. The number of benzene rings is 2. The highest BCUT2D eigenvalue weighted by atomic mass is 35.5. The van der Waals surface area contributed by atoms with Gasteiger partial charge < -0.3 is 10.4 Å². The smallest absolute Gasteiger partial charge is 0.304 e. The van der Waals surface area contributed by atoms with Gasteiger partial charge in [0, 0.05) is 28.4 Å². The number of carboxylic acids is 1. The van der Waals surface area contributed by atoms with Crippen LogP contribution in [0.2, 0.25) is 5.02 Å². The second kappa shape index (κ2) is 9.20. The van der Waals surface area contributed by atoms with Crippen LogP contribution in [0.25, 0.3) is 11.3 Å². The van der Waals surface area contributed by atoms with Crippen molar-refractivity contribution in [2.75, 3.05) is 6.54 Å². The van der Waals surface area contributed by atoms with Crippen LogP contribution < -0.4 is 5.32 Å². The van der Waals surface area contributed by atoms with Crippen LogP contribution in [-0.4, -0.2) is 28.5 Å². The number of aromatic nitrogens is 1. The number of hydrogen-bond acceptors (Lipinski definition) is 4. The molecule has 0 aliphatic carbocycles. The summed E-state index contributed by atoms with van der Waals surface area (Å²) in [7, 11) is 0. The number of aliphatic carboxylic acids is 1. The standard InChI is InChI=1S/C24H23ClN2O3S/c25-19-12-5-4-10-17(19)20-15-31-23(27-20)24(14-21(28)29)18(16-8-2-1-3-9-16)11-6-7-13-26-22(24)30/h1-5,8-10,12,15,18H,6-7,11,13-14H2,(H,26,30)(H,28,29)/t18-,24-/m0/s1. The number of carbonyl (C=O) groups is 2. The zero-order valence-corrected chi connectivity index (χ0v) is 18.5. The highest BCUT2D eigenvalue weighted by Crippen LogP contribution is 2.48. The minimum absolute atomic E-state index is 0.275. The summed E-state index contributed by atoms with van der Waals surface area (Å²) in [5.41, 5.74) is 1.07. The second-order valence-electron chi connectivity index (χ2n) is 7.77. The molecule has 160 valence electrons. The van der Waals surface area contributed by atoms with Crippen molar-refractivity contribution in [3.63, 3.8) is 0 Å². The third kappa shape index (κ3) is 4.23. The van der Waals surface area contributed by atoms with Gasteiger partial charge in [0.1, 0.15) is 10.4 Å². The average Bonchev–Trinajstić information content (AvgIpc) is 3.24. The van der Waals surface area contributed by atoms with Crippen LogP contribution in [0.15, 0.2) is 60.0 Å². The molecule has 2 atom stereocenters. The van der Waals surface area contributed by atoms with Crippen LogP contribution in [-0.2, 0) is 15.0 Å². The van der Waals surface area contributed by atoms with Crippen molar-refractivity contribution in [2.45, 2.75) is 37.0 Å². The third-order valence-corrected chi connectivity index (χ3v) is 7.22. The van der Waals surface area contributed by atoms with Crippen molar-refractivity contribution < 1.29 is 14.7 Å². The molecule has 1 fully saturated rings. The van der Waals surface area contributed by atoms with Crippen LogP contribution >= 0.6 is 22.9 Å². The second-order valence-corrected chi connectivity index (χ2v) is 9.04. The van der Waals surface area contributed by atoms with Crippen LogP contribution in [0.3, 0.4) is 0 Å². The first-order valence-electron chi connectivity index (χ1n) is 10.3. The van der Waals surface area contributed by atoms with Gasteiger partial charge in [-0.15, -0.1) is 11.3 Å². The molecule has 7 heteroatoms. The molecular weight excluding hydrogens is 432 g/mol. The van der Waals surface area contributed by atoms with Gasteiger partial charge in [0.2, 0.25) is 5.91 Å². The number of carboxylic acid groups (broad SMARTS) is 1. The maximum absolute atomic E-state index is 13.6. The fourth-order valence-corrected chi connectivity index (χ4v) is 5.71. The highest BCUT2D eigenvalue weighted by molar-refractivity contribution is 7.10. The lowest BCUT2D eigenvalue weighted by molar-refractivity contribution is -0.143. The zero-order chi connectivity index (χ0) is 21.8. The molecule has 0 bridgehead atoms. The van der Waals surface area contributed by atoms with Crippen LogP contribution in [0.4, 0.5) is 0 Å². The lowest BCUT2D eigenvalue weighted by atomic mass is 9.66. The molecule has 3 aromatic rings. The predicted octanol–water partition coefficient (Wildman–Crippen LogP) is 5.26. The summed E-state index contributed by atoms with van der Waals surface area (Å²) in [5.74, 6) is -1.59. The number of amides is 1. The largest absolute Gasteiger partial charge is 0.481 e. The van der Waals surface area contributed by atoms with Crippen molar-refractivity contribution in [3.05, 3.63) is 75.6 Å². The lowest BCUT2D eigenvalue weighted by Crippen LogP contribution is -2.51. The maximum atomic E-state index is 13.6. The van der Waals surface area contributed by atoms with Crippen LogP contribution in [0.1, 0.15) is 42.2 Å². The molecule has 2 heterocycles. The van der Waals surface area contributed by atoms with Gasteiger partial charge in [-0.1, -0.05) is 66.6 Å². The summed E-state index contributed by atoms with van der Waals surface area (Å²) in [6.45, 7) is 0.532. The molecule has 1 aliphatic heterocycles. The minimum atomic E-state index is -1.29. The fraction of sp³-hybridized carbons (Fsp3) is 0.292. The SMILES string of the molecule is O=C(O)C[C@@]1(c2nc(-c3ccccc3Cl)cs2)C(=O)NCCCC[C@H]1c1ccccc1. The molecule has 31 heavy (non-hydrogen) atoms. The van der Waals surface area contributed by atoms with E-state index in [4.69, 9.17) is 16.6 Å². The number of halogens is 1. The van der Waals surface area contributed by atoms with E-state index >= 15 is 0 Å². The number of rotatable bonds is 5. The number of nitrogens with zero attached hydrogens (tertiary/aromatic N) is 1. The number of thiazole rings is 1. The van der Waals surface area contributed by atoms with E-state index in [0.717, 1.165) is 24.0 Å². The first-order chi connectivity index (χ1) is 15.0. The number of carbonyl (C=O) groups excluding carboxylic acids is 1.